The van der Waals surface area contributed by atoms with E-state index in [2.05, 4.69) is 21.2 Å². The smallest absolute Gasteiger partial charge is 0.227 e. The second kappa shape index (κ2) is 6.04. The monoisotopic (exact) mass is 283 g/mol. The van der Waals surface area contributed by atoms with Crippen molar-refractivity contribution in [3.05, 3.63) is 29.8 Å². The SMILES string of the molecule is CCC(C)C(=O)Nc1ccccc1C(C)Br. The molecule has 2 atom stereocenters. The third-order valence-corrected chi connectivity index (χ3v) is 3.20. The first-order chi connectivity index (χ1) is 7.56. The molecule has 1 rings (SSSR count). The van der Waals surface area contributed by atoms with Gasteiger partial charge in [0, 0.05) is 16.4 Å². The van der Waals surface area contributed by atoms with Gasteiger partial charge >= 0.3 is 0 Å². The molecule has 2 nitrogen and oxygen atoms in total. The largest absolute Gasteiger partial charge is 0.326 e. The molecule has 1 aromatic carbocycles. The van der Waals surface area contributed by atoms with E-state index in [0.29, 0.717) is 0 Å². The van der Waals surface area contributed by atoms with Gasteiger partial charge in [-0.1, -0.05) is 48.0 Å². The van der Waals surface area contributed by atoms with Gasteiger partial charge in [0.2, 0.25) is 5.91 Å². The molecular weight excluding hydrogens is 266 g/mol. The molecule has 0 radical (unpaired) electrons. The highest BCUT2D eigenvalue weighted by molar-refractivity contribution is 9.09. The number of anilines is 1. The van der Waals surface area contributed by atoms with Crippen LogP contribution < -0.4 is 5.32 Å². The lowest BCUT2D eigenvalue weighted by Gasteiger charge is -2.15. The minimum atomic E-state index is 0.0543. The number of amides is 1. The van der Waals surface area contributed by atoms with Gasteiger partial charge in [-0.2, -0.15) is 0 Å². The Balaban J connectivity index is 2.84. The zero-order chi connectivity index (χ0) is 12.1. The Hall–Kier alpha value is -0.830. The third-order valence-electron chi connectivity index (χ3n) is 2.71. The van der Waals surface area contributed by atoms with Crippen LogP contribution in [0.2, 0.25) is 0 Å². The second-order valence-electron chi connectivity index (χ2n) is 4.00. The van der Waals surface area contributed by atoms with Gasteiger partial charge in [0.25, 0.3) is 0 Å². The van der Waals surface area contributed by atoms with Crippen molar-refractivity contribution < 1.29 is 4.79 Å². The van der Waals surface area contributed by atoms with Gasteiger partial charge in [-0.05, 0) is 25.0 Å². The van der Waals surface area contributed by atoms with Crippen molar-refractivity contribution in [2.24, 2.45) is 5.92 Å². The Kier molecular flexibility index (Phi) is 5.00. The van der Waals surface area contributed by atoms with E-state index in [1.165, 1.54) is 0 Å². The Bertz CT molecular complexity index is 363. The number of rotatable bonds is 4. The van der Waals surface area contributed by atoms with Gasteiger partial charge in [-0.3, -0.25) is 4.79 Å². The highest BCUT2D eigenvalue weighted by Crippen LogP contribution is 2.28. The molecule has 3 heteroatoms. The summed E-state index contributed by atoms with van der Waals surface area (Å²) in [5.74, 6) is 0.141. The summed E-state index contributed by atoms with van der Waals surface area (Å²) in [6, 6.07) is 7.87. The maximum Gasteiger partial charge on any atom is 0.227 e. The number of benzene rings is 1. The van der Waals surface area contributed by atoms with E-state index in [9.17, 15) is 4.79 Å². The van der Waals surface area contributed by atoms with Crippen molar-refractivity contribution in [2.75, 3.05) is 5.32 Å². The van der Waals surface area contributed by atoms with Crippen LogP contribution in [0.3, 0.4) is 0 Å². The molecule has 0 fully saturated rings. The number of carbonyl (C=O) groups is 1. The summed E-state index contributed by atoms with van der Waals surface area (Å²) in [6.07, 6.45) is 0.859. The summed E-state index contributed by atoms with van der Waals surface area (Å²) in [5, 5.41) is 2.97. The second-order valence-corrected chi connectivity index (χ2v) is 5.38. The predicted octanol–water partition coefficient (Wildman–Crippen LogP) is 4.13. The fourth-order valence-electron chi connectivity index (χ4n) is 1.40. The molecule has 0 aliphatic carbocycles. The molecule has 0 aliphatic heterocycles. The van der Waals surface area contributed by atoms with Crippen LogP contribution in [0.4, 0.5) is 5.69 Å². The molecule has 1 amide bonds. The van der Waals surface area contributed by atoms with E-state index in [1.807, 2.05) is 45.0 Å². The van der Waals surface area contributed by atoms with E-state index in [1.54, 1.807) is 0 Å². The van der Waals surface area contributed by atoms with Crippen LogP contribution in [-0.4, -0.2) is 5.91 Å². The van der Waals surface area contributed by atoms with Crippen LogP contribution >= 0.6 is 15.9 Å². The lowest BCUT2D eigenvalue weighted by Crippen LogP contribution is -2.20. The number of carbonyl (C=O) groups excluding carboxylic acids is 1. The number of hydrogen-bond donors (Lipinski definition) is 1. The van der Waals surface area contributed by atoms with Crippen molar-refractivity contribution in [1.29, 1.82) is 0 Å². The Morgan fingerprint density at radius 1 is 1.38 bits per heavy atom. The Labute approximate surface area is 106 Å². The maximum absolute atomic E-state index is 11.8. The van der Waals surface area contributed by atoms with E-state index >= 15 is 0 Å². The van der Waals surface area contributed by atoms with Crippen LogP contribution in [0, 0.1) is 5.92 Å². The van der Waals surface area contributed by atoms with Gasteiger partial charge in [0.05, 0.1) is 0 Å². The minimum absolute atomic E-state index is 0.0543. The number of halogens is 1. The summed E-state index contributed by atoms with van der Waals surface area (Å²) < 4.78 is 0. The summed E-state index contributed by atoms with van der Waals surface area (Å²) in [5.41, 5.74) is 2.01. The number of nitrogens with one attached hydrogen (secondary N) is 1. The minimum Gasteiger partial charge on any atom is -0.326 e. The normalized spacial score (nSPS) is 14.2. The standard InChI is InChI=1S/C13H18BrNO/c1-4-9(2)13(16)15-12-8-6-5-7-11(12)10(3)14/h5-10H,4H2,1-3H3,(H,15,16). The van der Waals surface area contributed by atoms with E-state index in [0.717, 1.165) is 17.7 Å². The maximum atomic E-state index is 11.8. The molecule has 0 aliphatic rings. The number of para-hydroxylation sites is 1. The predicted molar refractivity (Wildman–Crippen MR) is 71.9 cm³/mol. The average molecular weight is 284 g/mol. The molecule has 88 valence electrons. The van der Waals surface area contributed by atoms with Crippen molar-refractivity contribution in [3.63, 3.8) is 0 Å². The van der Waals surface area contributed by atoms with Crippen LogP contribution in [-0.2, 0) is 4.79 Å². The van der Waals surface area contributed by atoms with Crippen molar-refractivity contribution in [1.82, 2.24) is 0 Å². The molecule has 1 N–H and O–H groups in total. The van der Waals surface area contributed by atoms with E-state index in [-0.39, 0.29) is 16.7 Å². The fraction of sp³-hybridized carbons (Fsp3) is 0.462. The summed E-state index contributed by atoms with van der Waals surface area (Å²) >= 11 is 3.53. The molecule has 0 saturated carbocycles. The highest BCUT2D eigenvalue weighted by atomic mass is 79.9. The first-order valence-corrected chi connectivity index (χ1v) is 6.51. The molecule has 1 aromatic rings. The number of hydrogen-bond acceptors (Lipinski definition) is 1. The lowest BCUT2D eigenvalue weighted by atomic mass is 10.1. The van der Waals surface area contributed by atoms with E-state index in [4.69, 9.17) is 0 Å². The molecule has 16 heavy (non-hydrogen) atoms. The molecule has 0 bridgehead atoms. The topological polar surface area (TPSA) is 29.1 Å². The Morgan fingerprint density at radius 2 is 2.00 bits per heavy atom. The van der Waals surface area contributed by atoms with Crippen molar-refractivity contribution in [3.8, 4) is 0 Å². The molecule has 0 saturated heterocycles. The molecule has 0 heterocycles. The molecular formula is C13H18BrNO. The van der Waals surface area contributed by atoms with Crippen molar-refractivity contribution >= 4 is 27.5 Å². The van der Waals surface area contributed by atoms with Crippen molar-refractivity contribution in [2.45, 2.75) is 32.0 Å². The molecule has 2 unspecified atom stereocenters. The molecule has 0 aromatic heterocycles. The summed E-state index contributed by atoms with van der Waals surface area (Å²) in [6.45, 7) is 6.01. The van der Waals surface area contributed by atoms with Crippen LogP contribution in [0.25, 0.3) is 0 Å². The van der Waals surface area contributed by atoms with Gasteiger partial charge < -0.3 is 5.32 Å². The first kappa shape index (κ1) is 13.2. The molecule has 0 spiro atoms. The third kappa shape index (κ3) is 3.34. The Morgan fingerprint density at radius 3 is 2.56 bits per heavy atom. The van der Waals surface area contributed by atoms with Crippen LogP contribution in [0.1, 0.15) is 37.6 Å². The zero-order valence-electron chi connectivity index (χ0n) is 9.96. The van der Waals surface area contributed by atoms with Gasteiger partial charge in [-0.25, -0.2) is 0 Å². The highest BCUT2D eigenvalue weighted by Gasteiger charge is 2.13. The van der Waals surface area contributed by atoms with E-state index < -0.39 is 0 Å². The average Bonchev–Trinajstić information content (AvgIpc) is 2.28. The van der Waals surface area contributed by atoms with Gasteiger partial charge in [-0.15, -0.1) is 0 Å². The first-order valence-electron chi connectivity index (χ1n) is 5.60. The van der Waals surface area contributed by atoms with Crippen LogP contribution in [0.5, 0.6) is 0 Å². The summed E-state index contributed by atoms with van der Waals surface area (Å²) in [4.78, 5) is 12.0. The lowest BCUT2D eigenvalue weighted by molar-refractivity contribution is -0.119. The summed E-state index contributed by atoms with van der Waals surface area (Å²) in [7, 11) is 0. The fourth-order valence-corrected chi connectivity index (χ4v) is 1.80. The van der Waals surface area contributed by atoms with Gasteiger partial charge in [0.15, 0.2) is 0 Å². The quantitative estimate of drug-likeness (QED) is 0.828. The van der Waals surface area contributed by atoms with Crippen LogP contribution in [0.15, 0.2) is 24.3 Å². The van der Waals surface area contributed by atoms with Gasteiger partial charge in [0.1, 0.15) is 0 Å². The zero-order valence-corrected chi connectivity index (χ0v) is 11.5. The number of alkyl halides is 1.